The fourth-order valence-electron chi connectivity index (χ4n) is 0.999. The van der Waals surface area contributed by atoms with Crippen LogP contribution in [0.15, 0.2) is 6.07 Å². The van der Waals surface area contributed by atoms with E-state index in [9.17, 15) is 32.1 Å². The Kier molecular flexibility index (Phi) is 3.51. The van der Waals surface area contributed by atoms with Gasteiger partial charge in [0.05, 0.1) is 9.95 Å². The summed E-state index contributed by atoms with van der Waals surface area (Å²) in [5, 5.41) is 9.23. The van der Waals surface area contributed by atoms with Crippen molar-refractivity contribution in [2.24, 2.45) is 0 Å². The third kappa shape index (κ3) is 2.78. The number of hydrogen-bond acceptors (Lipinski definition) is 3. The number of hydrogen-bond donors (Lipinski definition) is 0. The van der Waals surface area contributed by atoms with Crippen LogP contribution in [0.5, 0.6) is 0 Å². The molecule has 94 valence electrons. The summed E-state index contributed by atoms with van der Waals surface area (Å²) in [6.07, 6.45) is -8.57. The first-order valence-corrected chi connectivity index (χ1v) is 4.22. The first-order chi connectivity index (χ1) is 7.64. The summed E-state index contributed by atoms with van der Waals surface area (Å²) in [6, 6.07) is 0.207. The topological polar surface area (TPSA) is 56.0 Å². The Morgan fingerprint density at radius 1 is 1.41 bits per heavy atom. The molecule has 0 amide bonds. The fraction of sp³-hybridized carbons (Fsp3) is 0.286. The molecule has 1 aromatic heterocycles. The highest BCUT2D eigenvalue weighted by Crippen LogP contribution is 2.38. The van der Waals surface area contributed by atoms with Gasteiger partial charge in [0.1, 0.15) is 0 Å². The number of nitro groups is 1. The molecule has 0 saturated heterocycles. The highest BCUT2D eigenvalue weighted by atomic mass is 35.5. The molecule has 10 heteroatoms. The van der Waals surface area contributed by atoms with E-state index in [0.717, 1.165) is 0 Å². The number of aromatic nitrogens is 1. The lowest BCUT2D eigenvalue weighted by Crippen LogP contribution is -2.12. The Bertz CT molecular complexity index is 462. The highest BCUT2D eigenvalue weighted by Gasteiger charge is 2.39. The van der Waals surface area contributed by atoms with E-state index in [1.807, 2.05) is 0 Å². The van der Waals surface area contributed by atoms with Gasteiger partial charge in [-0.15, -0.1) is 0 Å². The van der Waals surface area contributed by atoms with Crippen LogP contribution in [0, 0.1) is 10.1 Å². The Morgan fingerprint density at radius 3 is 2.29 bits per heavy atom. The predicted octanol–water partition coefficient (Wildman–Crippen LogP) is 3.60. The molecular weight excluding hydrogens is 275 g/mol. The van der Waals surface area contributed by atoms with Crippen LogP contribution >= 0.6 is 11.6 Å². The van der Waals surface area contributed by atoms with Crippen LogP contribution < -0.4 is 0 Å². The van der Waals surface area contributed by atoms with Gasteiger partial charge in [-0.25, -0.2) is 13.8 Å². The summed E-state index contributed by atoms with van der Waals surface area (Å²) in [6.45, 7) is 0. The van der Waals surface area contributed by atoms with E-state index in [4.69, 9.17) is 11.6 Å². The van der Waals surface area contributed by atoms with E-state index in [2.05, 4.69) is 4.98 Å². The van der Waals surface area contributed by atoms with Crippen molar-refractivity contribution in [1.82, 2.24) is 4.98 Å². The Hall–Kier alpha value is -1.51. The number of halogens is 6. The second-order valence-corrected chi connectivity index (χ2v) is 3.19. The molecule has 0 fully saturated rings. The van der Waals surface area contributed by atoms with Crippen LogP contribution in [0.3, 0.4) is 0 Å². The van der Waals surface area contributed by atoms with E-state index < -0.39 is 39.6 Å². The van der Waals surface area contributed by atoms with Crippen molar-refractivity contribution in [3.63, 3.8) is 0 Å². The summed E-state index contributed by atoms with van der Waals surface area (Å²) < 4.78 is 61.4. The minimum Gasteiger partial charge on any atom is -0.258 e. The van der Waals surface area contributed by atoms with Gasteiger partial charge in [-0.05, 0) is 0 Å². The maximum Gasteiger partial charge on any atom is 0.434 e. The van der Waals surface area contributed by atoms with Gasteiger partial charge in [-0.1, -0.05) is 11.6 Å². The van der Waals surface area contributed by atoms with Crippen molar-refractivity contribution in [1.29, 1.82) is 0 Å². The van der Waals surface area contributed by atoms with Crippen molar-refractivity contribution in [3.8, 4) is 0 Å². The van der Waals surface area contributed by atoms with Gasteiger partial charge in [-0.3, -0.25) is 10.1 Å². The highest BCUT2D eigenvalue weighted by molar-refractivity contribution is 6.31. The van der Waals surface area contributed by atoms with Crippen LogP contribution in [0.4, 0.5) is 27.6 Å². The molecule has 0 aromatic carbocycles. The maximum atomic E-state index is 12.3. The third-order valence-electron chi connectivity index (χ3n) is 1.66. The molecule has 0 saturated carbocycles. The molecule has 1 heterocycles. The molecule has 4 nitrogen and oxygen atoms in total. The molecule has 0 atom stereocenters. The molecule has 17 heavy (non-hydrogen) atoms. The van der Waals surface area contributed by atoms with E-state index in [-0.39, 0.29) is 6.07 Å². The molecule has 0 spiro atoms. The fourth-order valence-corrected chi connectivity index (χ4v) is 1.25. The van der Waals surface area contributed by atoms with Gasteiger partial charge >= 0.3 is 6.18 Å². The first-order valence-electron chi connectivity index (χ1n) is 3.84. The second-order valence-electron chi connectivity index (χ2n) is 2.78. The smallest absolute Gasteiger partial charge is 0.258 e. The van der Waals surface area contributed by atoms with E-state index in [1.54, 1.807) is 0 Å². The van der Waals surface area contributed by atoms with Crippen molar-refractivity contribution in [3.05, 3.63) is 32.6 Å². The summed E-state index contributed by atoms with van der Waals surface area (Å²) in [7, 11) is 0. The van der Waals surface area contributed by atoms with E-state index in [1.165, 1.54) is 0 Å². The van der Waals surface area contributed by atoms with Crippen molar-refractivity contribution in [2.75, 3.05) is 0 Å². The minimum absolute atomic E-state index is 0.207. The standard InChI is InChI=1S/C7H2ClF5N2O2/c8-2-1-3(15(16)17)4(6(9)10)14-5(2)7(11,12)13/h1,6H. The zero-order valence-corrected chi connectivity index (χ0v) is 8.39. The van der Waals surface area contributed by atoms with Crippen LogP contribution in [0.1, 0.15) is 17.8 Å². The zero-order chi connectivity index (χ0) is 13.4. The molecule has 0 aliphatic rings. The summed E-state index contributed by atoms with van der Waals surface area (Å²) in [5.74, 6) is 0. The predicted molar refractivity (Wildman–Crippen MR) is 45.9 cm³/mol. The zero-order valence-electron chi connectivity index (χ0n) is 7.63. The Labute approximate surface area is 95.2 Å². The average Bonchev–Trinajstić information content (AvgIpc) is 2.14. The molecule has 0 unspecified atom stereocenters. The van der Waals surface area contributed by atoms with Crippen LogP contribution in [-0.2, 0) is 6.18 Å². The summed E-state index contributed by atoms with van der Waals surface area (Å²) in [5.41, 5.74) is -4.59. The van der Waals surface area contributed by atoms with Crippen molar-refractivity contribution in [2.45, 2.75) is 12.6 Å². The lowest BCUT2D eigenvalue weighted by atomic mass is 10.2. The minimum atomic E-state index is -5.06. The first kappa shape index (κ1) is 13.6. The van der Waals surface area contributed by atoms with Gasteiger partial charge < -0.3 is 0 Å². The van der Waals surface area contributed by atoms with Crippen LogP contribution in [0.2, 0.25) is 5.02 Å². The largest absolute Gasteiger partial charge is 0.434 e. The van der Waals surface area contributed by atoms with Gasteiger partial charge in [0, 0.05) is 6.07 Å². The molecule has 0 radical (unpaired) electrons. The lowest BCUT2D eigenvalue weighted by molar-refractivity contribution is -0.386. The van der Waals surface area contributed by atoms with E-state index >= 15 is 0 Å². The van der Waals surface area contributed by atoms with Crippen LogP contribution in [0.25, 0.3) is 0 Å². The summed E-state index contributed by atoms with van der Waals surface area (Å²) in [4.78, 5) is 11.6. The van der Waals surface area contributed by atoms with Gasteiger partial charge in [0.25, 0.3) is 12.1 Å². The maximum absolute atomic E-state index is 12.3. The number of alkyl halides is 5. The molecule has 1 aromatic rings. The Morgan fingerprint density at radius 2 is 1.94 bits per heavy atom. The van der Waals surface area contributed by atoms with Crippen LogP contribution in [-0.4, -0.2) is 9.91 Å². The Balaban J connectivity index is 3.51. The number of pyridine rings is 1. The lowest BCUT2D eigenvalue weighted by Gasteiger charge is -2.09. The second kappa shape index (κ2) is 4.40. The number of nitrogens with zero attached hydrogens (tertiary/aromatic N) is 2. The van der Waals surface area contributed by atoms with Crippen molar-refractivity contribution < 1.29 is 26.9 Å². The van der Waals surface area contributed by atoms with Crippen molar-refractivity contribution >= 4 is 17.3 Å². The molecule has 0 aliphatic carbocycles. The monoisotopic (exact) mass is 276 g/mol. The molecule has 1 rings (SSSR count). The van der Waals surface area contributed by atoms with E-state index in [0.29, 0.717) is 0 Å². The molecular formula is C7H2ClF5N2O2. The third-order valence-corrected chi connectivity index (χ3v) is 1.94. The van der Waals surface area contributed by atoms with Gasteiger partial charge in [-0.2, -0.15) is 13.2 Å². The molecule has 0 bridgehead atoms. The molecule has 0 N–H and O–H groups in total. The quantitative estimate of drug-likeness (QED) is 0.471. The summed E-state index contributed by atoms with van der Waals surface area (Å²) >= 11 is 5.10. The van der Waals surface area contributed by atoms with Gasteiger partial charge in [0.15, 0.2) is 11.4 Å². The normalized spacial score (nSPS) is 11.9. The number of rotatable bonds is 2. The average molecular weight is 277 g/mol. The van der Waals surface area contributed by atoms with Gasteiger partial charge in [0.2, 0.25) is 0 Å². The SMILES string of the molecule is O=[N+]([O-])c1cc(Cl)c(C(F)(F)F)nc1C(F)F. The molecule has 0 aliphatic heterocycles.